The lowest BCUT2D eigenvalue weighted by Crippen LogP contribution is -2.05. The van der Waals surface area contributed by atoms with Crippen LogP contribution in [0.1, 0.15) is 18.9 Å². The fourth-order valence-corrected chi connectivity index (χ4v) is 1.31. The van der Waals surface area contributed by atoms with Crippen molar-refractivity contribution in [2.24, 2.45) is 5.18 Å². The van der Waals surface area contributed by atoms with Crippen molar-refractivity contribution in [2.45, 2.75) is 19.8 Å². The molecule has 80 valence electrons. The molecule has 4 heteroatoms. The number of rotatable bonds is 5. The van der Waals surface area contributed by atoms with Gasteiger partial charge < -0.3 is 5.32 Å². The maximum absolute atomic E-state index is 10.8. The van der Waals surface area contributed by atoms with Gasteiger partial charge in [0.05, 0.1) is 6.54 Å². The Morgan fingerprint density at radius 3 is 2.53 bits per heavy atom. The van der Waals surface area contributed by atoms with Gasteiger partial charge in [-0.15, -0.1) is 0 Å². The number of aryl methyl sites for hydroxylation is 1. The van der Waals surface area contributed by atoms with Crippen LogP contribution in [0.2, 0.25) is 0 Å². The molecule has 0 aliphatic carbocycles. The fourth-order valence-electron chi connectivity index (χ4n) is 1.31. The van der Waals surface area contributed by atoms with E-state index in [1.54, 1.807) is 0 Å². The van der Waals surface area contributed by atoms with E-state index < -0.39 is 0 Å². The van der Waals surface area contributed by atoms with E-state index in [4.69, 9.17) is 0 Å². The first kappa shape index (κ1) is 11.4. The van der Waals surface area contributed by atoms with Crippen LogP contribution in [0.4, 0.5) is 5.69 Å². The van der Waals surface area contributed by atoms with Crippen LogP contribution in [0.25, 0.3) is 0 Å². The van der Waals surface area contributed by atoms with Crippen LogP contribution in [-0.2, 0) is 11.2 Å². The monoisotopic (exact) mass is 206 g/mol. The predicted octanol–water partition coefficient (Wildman–Crippen LogP) is 2.34. The molecule has 0 aromatic heterocycles. The second kappa shape index (κ2) is 5.90. The molecular weight excluding hydrogens is 192 g/mol. The summed E-state index contributed by atoms with van der Waals surface area (Å²) >= 11 is 0. The lowest BCUT2D eigenvalue weighted by Gasteiger charge is -2.03. The number of hydrogen-bond donors (Lipinski definition) is 1. The molecule has 0 aliphatic rings. The number of hydrogen-bond acceptors (Lipinski definition) is 3. The summed E-state index contributed by atoms with van der Waals surface area (Å²) in [5.41, 5.74) is 1.94. The summed E-state index contributed by atoms with van der Waals surface area (Å²) in [5.74, 6) is -0.0760. The third-order valence-corrected chi connectivity index (χ3v) is 1.99. The Kier molecular flexibility index (Phi) is 4.47. The van der Waals surface area contributed by atoms with Crippen molar-refractivity contribution in [3.8, 4) is 0 Å². The van der Waals surface area contributed by atoms with Gasteiger partial charge >= 0.3 is 0 Å². The van der Waals surface area contributed by atoms with Gasteiger partial charge in [0.2, 0.25) is 5.91 Å². The van der Waals surface area contributed by atoms with Gasteiger partial charge in [0.15, 0.2) is 0 Å². The number of nitroso groups, excluding NO2 is 1. The molecule has 0 bridgehead atoms. The first-order valence-corrected chi connectivity index (χ1v) is 4.88. The molecule has 1 amide bonds. The lowest BCUT2D eigenvalue weighted by molar-refractivity contribution is -0.114. The summed E-state index contributed by atoms with van der Waals surface area (Å²) in [5, 5.41) is 5.49. The highest BCUT2D eigenvalue weighted by Gasteiger charge is 1.96. The number of anilines is 1. The highest BCUT2D eigenvalue weighted by molar-refractivity contribution is 5.88. The topological polar surface area (TPSA) is 58.5 Å². The minimum atomic E-state index is -0.0760. The Hall–Kier alpha value is -1.71. The van der Waals surface area contributed by atoms with Crippen molar-refractivity contribution in [1.29, 1.82) is 0 Å². The van der Waals surface area contributed by atoms with Gasteiger partial charge in [-0.3, -0.25) is 4.79 Å². The van der Waals surface area contributed by atoms with Gasteiger partial charge in [-0.1, -0.05) is 17.3 Å². The Bertz CT molecular complexity index is 333. The molecule has 1 N–H and O–H groups in total. The molecule has 0 aliphatic heterocycles. The highest BCUT2D eigenvalue weighted by Crippen LogP contribution is 2.10. The summed E-state index contributed by atoms with van der Waals surface area (Å²) in [6.45, 7) is 1.83. The lowest BCUT2D eigenvalue weighted by atomic mass is 10.1. The van der Waals surface area contributed by atoms with Crippen LogP contribution in [-0.4, -0.2) is 12.5 Å². The first-order valence-electron chi connectivity index (χ1n) is 4.88. The van der Waals surface area contributed by atoms with Crippen molar-refractivity contribution in [3.05, 3.63) is 34.7 Å². The van der Waals surface area contributed by atoms with E-state index in [0.717, 1.165) is 24.1 Å². The number of nitrogens with zero attached hydrogens (tertiary/aromatic N) is 1. The first-order chi connectivity index (χ1) is 7.22. The zero-order valence-corrected chi connectivity index (χ0v) is 8.69. The van der Waals surface area contributed by atoms with Gasteiger partial charge in [-0.25, -0.2) is 0 Å². The molecule has 1 rings (SSSR count). The SMILES string of the molecule is CC(=O)Nc1ccc(CCCN=O)cc1. The van der Waals surface area contributed by atoms with Crippen LogP contribution in [0, 0.1) is 4.91 Å². The van der Waals surface area contributed by atoms with Crippen LogP contribution in [0.5, 0.6) is 0 Å². The summed E-state index contributed by atoms with van der Waals surface area (Å²) < 4.78 is 0. The van der Waals surface area contributed by atoms with Crippen molar-refractivity contribution in [3.63, 3.8) is 0 Å². The van der Waals surface area contributed by atoms with E-state index in [9.17, 15) is 9.70 Å². The molecule has 1 aromatic carbocycles. The maximum atomic E-state index is 10.8. The number of benzene rings is 1. The molecule has 0 saturated heterocycles. The fraction of sp³-hybridized carbons (Fsp3) is 0.364. The summed E-state index contributed by atoms with van der Waals surface area (Å²) in [6.07, 6.45) is 1.61. The van der Waals surface area contributed by atoms with Gasteiger partial charge in [-0.2, -0.15) is 4.91 Å². The van der Waals surface area contributed by atoms with E-state index >= 15 is 0 Å². The zero-order chi connectivity index (χ0) is 11.1. The largest absolute Gasteiger partial charge is 0.326 e. The molecule has 0 radical (unpaired) electrons. The van der Waals surface area contributed by atoms with Crippen LogP contribution in [0.15, 0.2) is 29.4 Å². The molecule has 0 fully saturated rings. The standard InChI is InChI=1S/C11H14N2O2/c1-9(14)13-11-6-4-10(5-7-11)3-2-8-12-15/h4-7H,2-3,8H2,1H3,(H,13,14). The summed E-state index contributed by atoms with van der Waals surface area (Å²) in [6, 6.07) is 7.59. The predicted molar refractivity (Wildman–Crippen MR) is 59.7 cm³/mol. The Morgan fingerprint density at radius 1 is 1.33 bits per heavy atom. The van der Waals surface area contributed by atoms with Crippen molar-refractivity contribution >= 4 is 11.6 Å². The molecule has 15 heavy (non-hydrogen) atoms. The quantitative estimate of drug-likeness (QED) is 0.593. The van der Waals surface area contributed by atoms with Gasteiger partial charge in [-0.05, 0) is 30.5 Å². The van der Waals surface area contributed by atoms with Crippen molar-refractivity contribution in [2.75, 3.05) is 11.9 Å². The highest BCUT2D eigenvalue weighted by atomic mass is 16.3. The minimum Gasteiger partial charge on any atom is -0.326 e. The van der Waals surface area contributed by atoms with Gasteiger partial charge in [0.25, 0.3) is 0 Å². The van der Waals surface area contributed by atoms with E-state index in [-0.39, 0.29) is 5.91 Å². The molecule has 0 unspecified atom stereocenters. The number of carbonyl (C=O) groups excluding carboxylic acids is 1. The van der Waals surface area contributed by atoms with E-state index in [0.29, 0.717) is 6.54 Å². The summed E-state index contributed by atoms with van der Waals surface area (Å²) in [4.78, 5) is 20.6. The molecule has 0 spiro atoms. The third kappa shape index (κ3) is 4.35. The van der Waals surface area contributed by atoms with Crippen molar-refractivity contribution < 1.29 is 4.79 Å². The average Bonchev–Trinajstić information content (AvgIpc) is 2.20. The van der Waals surface area contributed by atoms with E-state index in [1.165, 1.54) is 6.92 Å². The molecule has 1 aromatic rings. The second-order valence-corrected chi connectivity index (χ2v) is 3.33. The average molecular weight is 206 g/mol. The molecule has 0 saturated carbocycles. The van der Waals surface area contributed by atoms with Crippen LogP contribution < -0.4 is 5.32 Å². The van der Waals surface area contributed by atoms with E-state index in [1.807, 2.05) is 24.3 Å². The zero-order valence-electron chi connectivity index (χ0n) is 8.69. The summed E-state index contributed by atoms with van der Waals surface area (Å²) in [7, 11) is 0. The van der Waals surface area contributed by atoms with Crippen LogP contribution >= 0.6 is 0 Å². The van der Waals surface area contributed by atoms with Crippen LogP contribution in [0.3, 0.4) is 0 Å². The van der Waals surface area contributed by atoms with Crippen molar-refractivity contribution in [1.82, 2.24) is 0 Å². The molecule has 0 heterocycles. The molecule has 0 atom stereocenters. The number of amides is 1. The molecular formula is C11H14N2O2. The van der Waals surface area contributed by atoms with Gasteiger partial charge in [0.1, 0.15) is 0 Å². The Morgan fingerprint density at radius 2 is 2.00 bits per heavy atom. The Balaban J connectivity index is 2.48. The van der Waals surface area contributed by atoms with E-state index in [2.05, 4.69) is 10.5 Å². The third-order valence-electron chi connectivity index (χ3n) is 1.99. The normalized spacial score (nSPS) is 9.67. The Labute approximate surface area is 88.7 Å². The molecule has 4 nitrogen and oxygen atoms in total. The maximum Gasteiger partial charge on any atom is 0.221 e. The second-order valence-electron chi connectivity index (χ2n) is 3.33. The van der Waals surface area contributed by atoms with Gasteiger partial charge in [0, 0.05) is 12.6 Å². The minimum absolute atomic E-state index is 0.0760. The number of carbonyl (C=O) groups is 1. The number of nitrogens with one attached hydrogen (secondary N) is 1. The smallest absolute Gasteiger partial charge is 0.221 e.